The number of pyridine rings is 1. The van der Waals surface area contributed by atoms with Crippen LogP contribution in [0, 0.1) is 5.82 Å². The number of rotatable bonds is 8. The second-order valence-electron chi connectivity index (χ2n) is 6.52. The summed E-state index contributed by atoms with van der Waals surface area (Å²) in [6.07, 6.45) is 1.81. The zero-order valence-electron chi connectivity index (χ0n) is 14.5. The van der Waals surface area contributed by atoms with E-state index in [0.717, 1.165) is 5.56 Å². The summed E-state index contributed by atoms with van der Waals surface area (Å²) in [6, 6.07) is 10.4. The fourth-order valence-corrected chi connectivity index (χ4v) is 3.05. The van der Waals surface area contributed by atoms with Gasteiger partial charge in [-0.1, -0.05) is 12.1 Å². The first kappa shape index (κ1) is 18.5. The Kier molecular flexibility index (Phi) is 6.00. The molecule has 2 aromatic rings. The molecule has 26 heavy (non-hydrogen) atoms. The van der Waals surface area contributed by atoms with Crippen LogP contribution in [0.2, 0.25) is 0 Å². The zero-order chi connectivity index (χ0) is 18.4. The van der Waals surface area contributed by atoms with Gasteiger partial charge >= 0.3 is 0 Å². The molecule has 0 amide bonds. The van der Waals surface area contributed by atoms with Gasteiger partial charge in [0.1, 0.15) is 30.7 Å². The van der Waals surface area contributed by atoms with Crippen LogP contribution < -0.4 is 15.0 Å². The number of hydrogen-bond acceptors (Lipinski definition) is 5. The van der Waals surface area contributed by atoms with Crippen LogP contribution in [0.15, 0.2) is 42.6 Å². The standard InChI is InChI=1S/C19H23F2N3O2/c20-8-10-26-17-4-1-15(2-5-17)11-22-13-19(25)7-9-24(14-19)18-6-3-16(21)12-23-18/h1-6,12,22,25H,7-11,13-14H2/t19-/m0/s1. The van der Waals surface area contributed by atoms with E-state index >= 15 is 0 Å². The number of nitrogens with zero attached hydrogens (tertiary/aromatic N) is 2. The molecule has 1 aliphatic rings. The highest BCUT2D eigenvalue weighted by molar-refractivity contribution is 5.40. The van der Waals surface area contributed by atoms with Crippen molar-refractivity contribution in [2.75, 3.05) is 37.8 Å². The van der Waals surface area contributed by atoms with Crippen LogP contribution in [0.5, 0.6) is 5.75 Å². The molecule has 3 rings (SSSR count). The third-order valence-electron chi connectivity index (χ3n) is 4.42. The molecule has 1 aromatic carbocycles. The largest absolute Gasteiger partial charge is 0.491 e. The Bertz CT molecular complexity index is 697. The number of aromatic nitrogens is 1. The molecule has 2 N–H and O–H groups in total. The van der Waals surface area contributed by atoms with E-state index < -0.39 is 12.3 Å². The lowest BCUT2D eigenvalue weighted by Crippen LogP contribution is -2.43. The summed E-state index contributed by atoms with van der Waals surface area (Å²) >= 11 is 0. The second kappa shape index (κ2) is 8.42. The molecule has 0 saturated carbocycles. The maximum Gasteiger partial charge on any atom is 0.141 e. The number of benzene rings is 1. The Morgan fingerprint density at radius 3 is 2.73 bits per heavy atom. The lowest BCUT2D eigenvalue weighted by Gasteiger charge is -2.24. The molecule has 1 aliphatic heterocycles. The van der Waals surface area contributed by atoms with Gasteiger partial charge < -0.3 is 20.1 Å². The molecule has 0 aliphatic carbocycles. The van der Waals surface area contributed by atoms with Crippen molar-refractivity contribution in [2.24, 2.45) is 0 Å². The van der Waals surface area contributed by atoms with Crippen molar-refractivity contribution in [1.82, 2.24) is 10.3 Å². The minimum absolute atomic E-state index is 0.0596. The normalized spacial score (nSPS) is 19.7. The van der Waals surface area contributed by atoms with Gasteiger partial charge in [-0.3, -0.25) is 0 Å². The van der Waals surface area contributed by atoms with Gasteiger partial charge in [0.15, 0.2) is 0 Å². The molecule has 1 saturated heterocycles. The number of nitrogens with one attached hydrogen (secondary N) is 1. The van der Waals surface area contributed by atoms with Gasteiger partial charge in [-0.25, -0.2) is 13.8 Å². The highest BCUT2D eigenvalue weighted by Crippen LogP contribution is 2.25. The second-order valence-corrected chi connectivity index (χ2v) is 6.52. The maximum absolute atomic E-state index is 13.0. The van der Waals surface area contributed by atoms with Crippen molar-refractivity contribution in [1.29, 1.82) is 0 Å². The van der Waals surface area contributed by atoms with Gasteiger partial charge in [-0.05, 0) is 36.2 Å². The van der Waals surface area contributed by atoms with Crippen molar-refractivity contribution < 1.29 is 18.6 Å². The number of ether oxygens (including phenoxy) is 1. The third kappa shape index (κ3) is 4.89. The topological polar surface area (TPSA) is 57.6 Å². The van der Waals surface area contributed by atoms with Gasteiger partial charge in [0.05, 0.1) is 11.8 Å². The van der Waals surface area contributed by atoms with Crippen LogP contribution in [0.3, 0.4) is 0 Å². The fraction of sp³-hybridized carbons (Fsp3) is 0.421. The van der Waals surface area contributed by atoms with Crippen molar-refractivity contribution in [2.45, 2.75) is 18.6 Å². The average molecular weight is 363 g/mol. The molecule has 5 nitrogen and oxygen atoms in total. The monoisotopic (exact) mass is 363 g/mol. The summed E-state index contributed by atoms with van der Waals surface area (Å²) in [4.78, 5) is 6.02. The van der Waals surface area contributed by atoms with Crippen molar-refractivity contribution in [3.05, 3.63) is 54.0 Å². The number of hydrogen-bond donors (Lipinski definition) is 2. The van der Waals surface area contributed by atoms with Crippen molar-refractivity contribution in [3.63, 3.8) is 0 Å². The number of aliphatic hydroxyl groups is 1. The van der Waals surface area contributed by atoms with Crippen LogP contribution in [0.4, 0.5) is 14.6 Å². The molecule has 1 aromatic heterocycles. The molecular weight excluding hydrogens is 340 g/mol. The first-order chi connectivity index (χ1) is 12.6. The van der Waals surface area contributed by atoms with Gasteiger partial charge in [-0.15, -0.1) is 0 Å². The van der Waals surface area contributed by atoms with Crippen LogP contribution in [0.1, 0.15) is 12.0 Å². The summed E-state index contributed by atoms with van der Waals surface area (Å²) in [6.45, 7) is 1.74. The van der Waals surface area contributed by atoms with E-state index in [1.54, 1.807) is 18.2 Å². The predicted molar refractivity (Wildman–Crippen MR) is 95.6 cm³/mol. The lowest BCUT2D eigenvalue weighted by molar-refractivity contribution is 0.0626. The van der Waals surface area contributed by atoms with E-state index in [0.29, 0.717) is 44.2 Å². The van der Waals surface area contributed by atoms with Gasteiger partial charge in [0.25, 0.3) is 0 Å². The first-order valence-corrected chi connectivity index (χ1v) is 8.65. The predicted octanol–water partition coefficient (Wildman–Crippen LogP) is 2.30. The van der Waals surface area contributed by atoms with Gasteiger partial charge in [0, 0.05) is 26.2 Å². The summed E-state index contributed by atoms with van der Waals surface area (Å²) in [5.41, 5.74) is 0.205. The number of alkyl halides is 1. The fourth-order valence-electron chi connectivity index (χ4n) is 3.05. The Balaban J connectivity index is 1.46. The van der Waals surface area contributed by atoms with Crippen molar-refractivity contribution in [3.8, 4) is 5.75 Å². The Morgan fingerprint density at radius 2 is 2.04 bits per heavy atom. The van der Waals surface area contributed by atoms with E-state index in [2.05, 4.69) is 10.3 Å². The SMILES string of the molecule is O[C@]1(CNCc2ccc(OCCF)cc2)CCN(c2ccc(F)cn2)C1. The molecule has 1 fully saturated rings. The summed E-state index contributed by atoms with van der Waals surface area (Å²) in [7, 11) is 0. The molecule has 0 bridgehead atoms. The molecule has 7 heteroatoms. The highest BCUT2D eigenvalue weighted by Gasteiger charge is 2.36. The third-order valence-corrected chi connectivity index (χ3v) is 4.42. The molecule has 1 atom stereocenters. The molecular formula is C19H23F2N3O2. The van der Waals surface area contributed by atoms with E-state index in [1.165, 1.54) is 12.3 Å². The molecule has 0 spiro atoms. The van der Waals surface area contributed by atoms with E-state index in [1.807, 2.05) is 17.0 Å². The lowest BCUT2D eigenvalue weighted by atomic mass is 10.0. The average Bonchev–Trinajstić information content (AvgIpc) is 3.04. The Morgan fingerprint density at radius 1 is 1.23 bits per heavy atom. The minimum atomic E-state index is -0.847. The smallest absolute Gasteiger partial charge is 0.141 e. The van der Waals surface area contributed by atoms with E-state index in [4.69, 9.17) is 4.74 Å². The van der Waals surface area contributed by atoms with Crippen molar-refractivity contribution >= 4 is 5.82 Å². The van der Waals surface area contributed by atoms with E-state index in [-0.39, 0.29) is 12.4 Å². The molecule has 140 valence electrons. The van der Waals surface area contributed by atoms with Crippen LogP contribution in [0.25, 0.3) is 0 Å². The van der Waals surface area contributed by atoms with Gasteiger partial charge in [0.2, 0.25) is 0 Å². The Hall–Kier alpha value is -2.25. The highest BCUT2D eigenvalue weighted by atomic mass is 19.1. The minimum Gasteiger partial charge on any atom is -0.491 e. The molecule has 0 unspecified atom stereocenters. The zero-order valence-corrected chi connectivity index (χ0v) is 14.5. The summed E-state index contributed by atoms with van der Waals surface area (Å²) < 4.78 is 30.3. The van der Waals surface area contributed by atoms with Crippen LogP contribution >= 0.6 is 0 Å². The Labute approximate surface area is 151 Å². The number of halogens is 2. The van der Waals surface area contributed by atoms with Gasteiger partial charge in [-0.2, -0.15) is 0 Å². The first-order valence-electron chi connectivity index (χ1n) is 8.65. The van der Waals surface area contributed by atoms with Crippen LogP contribution in [-0.4, -0.2) is 48.6 Å². The van der Waals surface area contributed by atoms with Crippen LogP contribution in [-0.2, 0) is 6.54 Å². The quantitative estimate of drug-likeness (QED) is 0.754. The summed E-state index contributed by atoms with van der Waals surface area (Å²) in [5, 5.41) is 14.0. The van der Waals surface area contributed by atoms with E-state index in [9.17, 15) is 13.9 Å². The summed E-state index contributed by atoms with van der Waals surface area (Å²) in [5.74, 6) is 0.945. The number of anilines is 1. The molecule has 0 radical (unpaired) electrons. The molecule has 2 heterocycles. The number of β-amino-alcohol motifs (C(OH)–C–C–N with tert-alkyl or cyclic N) is 1. The maximum atomic E-state index is 13.0.